The Morgan fingerprint density at radius 2 is 2.06 bits per heavy atom. The number of nitrogens with zero attached hydrogens (tertiary/aromatic N) is 1. The molecule has 1 aliphatic carbocycles. The van der Waals surface area contributed by atoms with Gasteiger partial charge in [0.1, 0.15) is 11.0 Å². The zero-order valence-corrected chi connectivity index (χ0v) is 11.2. The minimum atomic E-state index is -0.486. The van der Waals surface area contributed by atoms with E-state index in [1.54, 1.807) is 0 Å². The molecule has 0 aromatic rings. The molecular weight excluding hydrogens is 218 g/mol. The van der Waals surface area contributed by atoms with E-state index in [0.29, 0.717) is 11.3 Å². The molecule has 0 unspecified atom stereocenters. The van der Waals surface area contributed by atoms with Crippen molar-refractivity contribution in [3.63, 3.8) is 0 Å². The number of likely N-dealkylation sites (tertiary alicyclic amines) is 1. The van der Waals surface area contributed by atoms with Gasteiger partial charge in [0.15, 0.2) is 0 Å². The summed E-state index contributed by atoms with van der Waals surface area (Å²) < 4.78 is 11.6. The van der Waals surface area contributed by atoms with E-state index >= 15 is 0 Å². The molecule has 3 fully saturated rings. The van der Waals surface area contributed by atoms with Gasteiger partial charge in [-0.2, -0.15) is 0 Å². The van der Waals surface area contributed by atoms with Crippen molar-refractivity contribution in [2.45, 2.75) is 44.4 Å². The van der Waals surface area contributed by atoms with Gasteiger partial charge in [-0.1, -0.05) is 13.8 Å². The molecule has 3 heteroatoms. The lowest BCUT2D eigenvalue weighted by atomic mass is 9.69. The normalized spacial score (nSPS) is 47.6. The smallest absolute Gasteiger partial charge is 0.130 e. The van der Waals surface area contributed by atoms with Crippen LogP contribution in [0.2, 0.25) is 0 Å². The van der Waals surface area contributed by atoms with Crippen molar-refractivity contribution in [1.29, 1.82) is 0 Å². The van der Waals surface area contributed by atoms with Crippen molar-refractivity contribution in [2.24, 2.45) is 17.8 Å². The highest BCUT2D eigenvalue weighted by atomic mass is 32.2. The first-order valence-corrected chi connectivity index (χ1v) is 8.13. The molecule has 0 aromatic heterocycles. The third kappa shape index (κ3) is 1.91. The highest BCUT2D eigenvalue weighted by Gasteiger charge is 2.48. The van der Waals surface area contributed by atoms with Gasteiger partial charge in [-0.05, 0) is 41.8 Å². The number of rotatable bonds is 3. The molecule has 2 saturated heterocycles. The van der Waals surface area contributed by atoms with E-state index in [-0.39, 0.29) is 0 Å². The predicted octanol–water partition coefficient (Wildman–Crippen LogP) is 1.87. The van der Waals surface area contributed by atoms with Crippen LogP contribution in [0.15, 0.2) is 0 Å². The van der Waals surface area contributed by atoms with Crippen LogP contribution in [0, 0.1) is 17.8 Å². The van der Waals surface area contributed by atoms with Crippen LogP contribution in [0.1, 0.15) is 33.1 Å². The predicted molar refractivity (Wildman–Crippen MR) is 67.8 cm³/mol. The molecule has 16 heavy (non-hydrogen) atoms. The Hall–Kier alpha value is 0.270. The Bertz CT molecular complexity index is 263. The van der Waals surface area contributed by atoms with Gasteiger partial charge in [0.25, 0.3) is 0 Å². The Labute approximate surface area is 102 Å². The summed E-state index contributed by atoms with van der Waals surface area (Å²) in [5, 5.41) is 0.519. The quantitative estimate of drug-likeness (QED) is 0.705. The Balaban J connectivity index is 1.45. The van der Waals surface area contributed by atoms with Crippen LogP contribution >= 0.6 is 0 Å². The first-order chi connectivity index (χ1) is 7.63. The average molecular weight is 241 g/mol. The molecule has 92 valence electrons. The Morgan fingerprint density at radius 1 is 1.31 bits per heavy atom. The van der Waals surface area contributed by atoms with Crippen molar-refractivity contribution >= 4 is 11.2 Å². The van der Waals surface area contributed by atoms with Crippen molar-refractivity contribution in [3.8, 4) is 0 Å². The fourth-order valence-corrected chi connectivity index (χ4v) is 5.46. The van der Waals surface area contributed by atoms with Gasteiger partial charge in [0.05, 0.1) is 6.04 Å². The molecule has 0 radical (unpaired) electrons. The van der Waals surface area contributed by atoms with E-state index in [0.717, 1.165) is 30.1 Å². The van der Waals surface area contributed by atoms with Gasteiger partial charge in [-0.25, -0.2) is 0 Å². The van der Waals surface area contributed by atoms with Crippen molar-refractivity contribution in [2.75, 3.05) is 18.8 Å². The van der Waals surface area contributed by atoms with Crippen LogP contribution in [0.25, 0.3) is 0 Å². The summed E-state index contributed by atoms with van der Waals surface area (Å²) >= 11 is -0.486. The van der Waals surface area contributed by atoms with Crippen LogP contribution in [0.5, 0.6) is 0 Å². The van der Waals surface area contributed by atoms with Crippen molar-refractivity contribution in [3.05, 3.63) is 0 Å². The summed E-state index contributed by atoms with van der Waals surface area (Å²) in [5.74, 6) is 3.77. The zero-order valence-electron chi connectivity index (χ0n) is 10.4. The van der Waals surface area contributed by atoms with Gasteiger partial charge in [0.2, 0.25) is 0 Å². The molecule has 2 heterocycles. The second kappa shape index (κ2) is 4.18. The molecule has 3 atom stereocenters. The molecule has 2 bridgehead atoms. The van der Waals surface area contributed by atoms with Gasteiger partial charge in [0, 0.05) is 19.5 Å². The van der Waals surface area contributed by atoms with E-state index in [2.05, 4.69) is 18.7 Å². The molecule has 2 nitrogen and oxygen atoms in total. The Kier molecular flexibility index (Phi) is 2.97. The molecule has 0 spiro atoms. The van der Waals surface area contributed by atoms with Crippen LogP contribution in [-0.4, -0.2) is 39.6 Å². The lowest BCUT2D eigenvalue weighted by Crippen LogP contribution is -2.45. The highest BCUT2D eigenvalue weighted by molar-refractivity contribution is 7.92. The van der Waals surface area contributed by atoms with Gasteiger partial charge in [-0.3, -0.25) is 4.90 Å². The van der Waals surface area contributed by atoms with E-state index in [1.807, 2.05) is 0 Å². The summed E-state index contributed by atoms with van der Waals surface area (Å²) in [4.78, 5) is 2.63. The summed E-state index contributed by atoms with van der Waals surface area (Å²) in [7, 11) is 0. The van der Waals surface area contributed by atoms with Crippen LogP contribution in [0.4, 0.5) is 0 Å². The standard InChI is InChI=1S/C13H23NOS/c1-9(2)11-3-10(4-11)6-14-7-13-5-12(14)8-16(13)15/h9-13H,3-8H2,1-2H3/t10-,11+,12-,13-,16-/m0/s1. The molecule has 1 saturated carbocycles. The molecule has 0 aromatic carbocycles. The van der Waals surface area contributed by atoms with Crippen LogP contribution in [0.3, 0.4) is 0 Å². The van der Waals surface area contributed by atoms with Crippen LogP contribution in [-0.2, 0) is 11.2 Å². The first kappa shape index (κ1) is 11.4. The molecular formula is C13H23NOS. The molecule has 0 amide bonds. The molecule has 0 N–H and O–H groups in total. The van der Waals surface area contributed by atoms with Gasteiger partial charge in [-0.15, -0.1) is 0 Å². The summed E-state index contributed by atoms with van der Waals surface area (Å²) in [6, 6.07) is 0.670. The monoisotopic (exact) mass is 241 g/mol. The lowest BCUT2D eigenvalue weighted by molar-refractivity contribution is 0.0922. The third-order valence-electron chi connectivity index (χ3n) is 4.93. The molecule has 3 aliphatic rings. The number of hydrogen-bond acceptors (Lipinski definition) is 2. The maximum atomic E-state index is 11.6. The summed E-state index contributed by atoms with van der Waals surface area (Å²) in [6.45, 7) is 7.12. The second-order valence-corrected chi connectivity index (χ2v) is 8.12. The Morgan fingerprint density at radius 3 is 2.56 bits per heavy atom. The first-order valence-electron chi connectivity index (χ1n) is 6.74. The zero-order chi connectivity index (χ0) is 11.3. The maximum Gasteiger partial charge on any atom is 0.130 e. The minimum absolute atomic E-state index is 0.486. The SMILES string of the molecule is CC(C)[C@H]1C[C@@H](CN2C[C@@H]3C[C@H]2C[S@+]3[O-])C1. The van der Waals surface area contributed by atoms with E-state index in [1.165, 1.54) is 25.8 Å². The van der Waals surface area contributed by atoms with Crippen LogP contribution < -0.4 is 0 Å². The largest absolute Gasteiger partial charge is 0.616 e. The van der Waals surface area contributed by atoms with E-state index < -0.39 is 11.2 Å². The molecule has 2 aliphatic heterocycles. The fraction of sp³-hybridized carbons (Fsp3) is 1.00. The lowest BCUT2D eigenvalue weighted by Gasteiger charge is -2.41. The average Bonchev–Trinajstić information content (AvgIpc) is 2.68. The summed E-state index contributed by atoms with van der Waals surface area (Å²) in [6.07, 6.45) is 4.09. The topological polar surface area (TPSA) is 26.3 Å². The molecule has 3 rings (SSSR count). The highest BCUT2D eigenvalue weighted by Crippen LogP contribution is 2.41. The second-order valence-electron chi connectivity index (χ2n) is 6.35. The minimum Gasteiger partial charge on any atom is -0.616 e. The van der Waals surface area contributed by atoms with Gasteiger partial charge >= 0.3 is 0 Å². The number of fused-ring (bicyclic) bond motifs is 2. The van der Waals surface area contributed by atoms with E-state index in [4.69, 9.17) is 0 Å². The third-order valence-corrected chi connectivity index (χ3v) is 6.72. The maximum absolute atomic E-state index is 11.6. The fourth-order valence-electron chi connectivity index (χ4n) is 3.66. The van der Waals surface area contributed by atoms with Gasteiger partial charge < -0.3 is 4.55 Å². The van der Waals surface area contributed by atoms with Crippen molar-refractivity contribution in [1.82, 2.24) is 4.90 Å². The van der Waals surface area contributed by atoms with Crippen molar-refractivity contribution < 1.29 is 4.55 Å². The summed E-state index contributed by atoms with van der Waals surface area (Å²) in [5.41, 5.74) is 0. The van der Waals surface area contributed by atoms with E-state index in [9.17, 15) is 4.55 Å². The number of hydrogen-bond donors (Lipinski definition) is 0.